The molecular formula is C14H17N3O3S. The van der Waals surface area contributed by atoms with E-state index in [-0.39, 0.29) is 11.4 Å². The summed E-state index contributed by atoms with van der Waals surface area (Å²) in [5, 5.41) is 0. The molecule has 1 aromatic heterocycles. The first-order valence-corrected chi connectivity index (χ1v) is 8.19. The first kappa shape index (κ1) is 14.0. The van der Waals surface area contributed by atoms with Gasteiger partial charge in [0.05, 0.1) is 12.3 Å². The second-order valence-electron chi connectivity index (χ2n) is 4.81. The van der Waals surface area contributed by atoms with Gasteiger partial charge in [-0.3, -0.25) is 4.31 Å². The number of benzene rings is 1. The van der Waals surface area contributed by atoms with Crippen LogP contribution < -0.4 is 14.8 Å². The van der Waals surface area contributed by atoms with Crippen molar-refractivity contribution in [1.29, 1.82) is 0 Å². The molecule has 0 fully saturated rings. The number of fused-ring (bicyclic) bond motifs is 1. The van der Waals surface area contributed by atoms with Crippen molar-refractivity contribution in [2.45, 2.75) is 17.9 Å². The fourth-order valence-electron chi connectivity index (χ4n) is 2.36. The van der Waals surface area contributed by atoms with Crippen LogP contribution in [-0.4, -0.2) is 26.6 Å². The van der Waals surface area contributed by atoms with Crippen molar-refractivity contribution in [3.8, 4) is 5.75 Å². The average molecular weight is 307 g/mol. The Morgan fingerprint density at radius 2 is 2.14 bits per heavy atom. The van der Waals surface area contributed by atoms with Gasteiger partial charge in [-0.25, -0.2) is 8.42 Å². The highest BCUT2D eigenvalue weighted by molar-refractivity contribution is 7.92. The number of aromatic nitrogens is 1. The Morgan fingerprint density at radius 1 is 1.33 bits per heavy atom. The van der Waals surface area contributed by atoms with Crippen molar-refractivity contribution in [2.24, 2.45) is 5.73 Å². The molecule has 0 radical (unpaired) electrons. The fourth-order valence-corrected chi connectivity index (χ4v) is 3.89. The fraction of sp³-hybridized carbons (Fsp3) is 0.286. The van der Waals surface area contributed by atoms with Crippen LogP contribution in [0, 0.1) is 0 Å². The lowest BCUT2D eigenvalue weighted by atomic mass is 10.3. The maximum Gasteiger partial charge on any atom is 0.265 e. The van der Waals surface area contributed by atoms with E-state index in [0.717, 1.165) is 0 Å². The number of aromatic amines is 1. The molecule has 2 heterocycles. The van der Waals surface area contributed by atoms with E-state index in [1.165, 1.54) is 10.5 Å². The molecule has 2 aromatic rings. The zero-order valence-electron chi connectivity index (χ0n) is 11.5. The number of para-hydroxylation sites is 2. The highest BCUT2D eigenvalue weighted by Gasteiger charge is 2.29. The van der Waals surface area contributed by atoms with Crippen LogP contribution >= 0.6 is 0 Å². The Hall–Kier alpha value is -1.99. The van der Waals surface area contributed by atoms with Crippen molar-refractivity contribution in [3.05, 3.63) is 42.2 Å². The van der Waals surface area contributed by atoms with E-state index < -0.39 is 10.0 Å². The van der Waals surface area contributed by atoms with Gasteiger partial charge in [0.1, 0.15) is 10.6 Å². The van der Waals surface area contributed by atoms with Crippen LogP contribution in [0.5, 0.6) is 5.75 Å². The normalized spacial score (nSPS) is 15.2. The standard InChI is InChI=1S/C14H17N3O3S/c15-9-11-8-12(10-16-11)21(18,19)17-6-3-7-20-14-5-2-1-4-13(14)17/h1-2,4-5,8,10,16H,3,6-7,9,15H2. The highest BCUT2D eigenvalue weighted by atomic mass is 32.2. The van der Waals surface area contributed by atoms with Crippen LogP contribution in [0.25, 0.3) is 0 Å². The van der Waals surface area contributed by atoms with Gasteiger partial charge in [0, 0.05) is 31.4 Å². The molecule has 0 unspecified atom stereocenters. The van der Waals surface area contributed by atoms with E-state index in [1.807, 2.05) is 6.07 Å². The first-order chi connectivity index (χ1) is 10.1. The van der Waals surface area contributed by atoms with Crippen LogP contribution in [-0.2, 0) is 16.6 Å². The van der Waals surface area contributed by atoms with E-state index >= 15 is 0 Å². The summed E-state index contributed by atoms with van der Waals surface area (Å²) in [4.78, 5) is 3.10. The highest BCUT2D eigenvalue weighted by Crippen LogP contribution is 2.34. The van der Waals surface area contributed by atoms with Crippen LogP contribution in [0.15, 0.2) is 41.4 Å². The van der Waals surface area contributed by atoms with Gasteiger partial charge in [-0.2, -0.15) is 0 Å². The summed E-state index contributed by atoms with van der Waals surface area (Å²) < 4.78 is 32.7. The lowest BCUT2D eigenvalue weighted by Crippen LogP contribution is -2.31. The number of anilines is 1. The summed E-state index contributed by atoms with van der Waals surface area (Å²) in [6.07, 6.45) is 2.12. The summed E-state index contributed by atoms with van der Waals surface area (Å²) in [6.45, 7) is 1.17. The lowest BCUT2D eigenvalue weighted by molar-refractivity contribution is 0.322. The molecule has 3 rings (SSSR count). The molecule has 1 aliphatic rings. The quantitative estimate of drug-likeness (QED) is 0.898. The number of nitrogens with zero attached hydrogens (tertiary/aromatic N) is 1. The van der Waals surface area contributed by atoms with Crippen LogP contribution in [0.3, 0.4) is 0 Å². The van der Waals surface area contributed by atoms with Gasteiger partial charge in [0.25, 0.3) is 10.0 Å². The van der Waals surface area contributed by atoms with E-state index in [4.69, 9.17) is 10.5 Å². The number of hydrogen-bond acceptors (Lipinski definition) is 4. The molecule has 0 spiro atoms. The summed E-state index contributed by atoms with van der Waals surface area (Å²) in [5.74, 6) is 0.591. The number of nitrogens with one attached hydrogen (secondary N) is 1. The summed E-state index contributed by atoms with van der Waals surface area (Å²) in [6, 6.07) is 8.75. The molecule has 7 heteroatoms. The Labute approximate surface area is 123 Å². The van der Waals surface area contributed by atoms with Gasteiger partial charge < -0.3 is 15.5 Å². The number of H-pyrrole nitrogens is 1. The minimum Gasteiger partial charge on any atom is -0.491 e. The maximum absolute atomic E-state index is 12.8. The molecule has 112 valence electrons. The Morgan fingerprint density at radius 3 is 2.90 bits per heavy atom. The summed E-state index contributed by atoms with van der Waals surface area (Å²) >= 11 is 0. The minimum atomic E-state index is -3.62. The lowest BCUT2D eigenvalue weighted by Gasteiger charge is -2.22. The SMILES string of the molecule is NCc1cc(S(=O)(=O)N2CCCOc3ccccc32)c[nH]1. The number of hydrogen-bond donors (Lipinski definition) is 2. The third-order valence-corrected chi connectivity index (χ3v) is 5.21. The molecule has 0 amide bonds. The molecule has 0 bridgehead atoms. The third-order valence-electron chi connectivity index (χ3n) is 3.42. The molecule has 1 aliphatic heterocycles. The van der Waals surface area contributed by atoms with Crippen LogP contribution in [0.2, 0.25) is 0 Å². The van der Waals surface area contributed by atoms with Crippen molar-refractivity contribution >= 4 is 15.7 Å². The molecule has 21 heavy (non-hydrogen) atoms. The van der Waals surface area contributed by atoms with E-state index in [9.17, 15) is 8.42 Å². The predicted molar refractivity (Wildman–Crippen MR) is 79.8 cm³/mol. The molecule has 6 nitrogen and oxygen atoms in total. The van der Waals surface area contributed by atoms with E-state index in [1.54, 1.807) is 24.3 Å². The zero-order valence-corrected chi connectivity index (χ0v) is 12.3. The van der Waals surface area contributed by atoms with Gasteiger partial charge in [-0.1, -0.05) is 12.1 Å². The smallest absolute Gasteiger partial charge is 0.265 e. The summed E-state index contributed by atoms with van der Waals surface area (Å²) in [5.41, 5.74) is 6.79. The van der Waals surface area contributed by atoms with Gasteiger partial charge in [-0.15, -0.1) is 0 Å². The Balaban J connectivity index is 2.06. The number of sulfonamides is 1. The van der Waals surface area contributed by atoms with Crippen molar-refractivity contribution in [2.75, 3.05) is 17.5 Å². The van der Waals surface area contributed by atoms with Gasteiger partial charge >= 0.3 is 0 Å². The average Bonchev–Trinajstić information content (AvgIpc) is 2.87. The number of nitrogens with two attached hydrogens (primary N) is 1. The van der Waals surface area contributed by atoms with Crippen LogP contribution in [0.1, 0.15) is 12.1 Å². The topological polar surface area (TPSA) is 88.4 Å². The van der Waals surface area contributed by atoms with Crippen molar-refractivity contribution in [3.63, 3.8) is 0 Å². The van der Waals surface area contributed by atoms with E-state index in [0.29, 0.717) is 36.7 Å². The monoisotopic (exact) mass is 307 g/mol. The second kappa shape index (κ2) is 5.42. The van der Waals surface area contributed by atoms with E-state index in [2.05, 4.69) is 4.98 Å². The Kier molecular flexibility index (Phi) is 3.60. The summed E-state index contributed by atoms with van der Waals surface area (Å²) in [7, 11) is -3.62. The van der Waals surface area contributed by atoms with Crippen LogP contribution in [0.4, 0.5) is 5.69 Å². The van der Waals surface area contributed by atoms with Crippen molar-refractivity contribution < 1.29 is 13.2 Å². The molecule has 0 aliphatic carbocycles. The number of ether oxygens (including phenoxy) is 1. The third kappa shape index (κ3) is 2.50. The minimum absolute atomic E-state index is 0.222. The molecule has 3 N–H and O–H groups in total. The molecule has 1 aromatic carbocycles. The largest absolute Gasteiger partial charge is 0.491 e. The first-order valence-electron chi connectivity index (χ1n) is 6.75. The predicted octanol–water partition coefficient (Wildman–Crippen LogP) is 1.45. The maximum atomic E-state index is 12.8. The zero-order chi connectivity index (χ0) is 14.9. The van der Waals surface area contributed by atoms with Gasteiger partial charge in [-0.05, 0) is 18.2 Å². The Bertz CT molecular complexity index is 739. The molecule has 0 saturated heterocycles. The van der Waals surface area contributed by atoms with Gasteiger partial charge in [0.2, 0.25) is 0 Å². The molecule has 0 saturated carbocycles. The second-order valence-corrected chi connectivity index (χ2v) is 6.67. The molecule has 0 atom stereocenters. The van der Waals surface area contributed by atoms with Crippen molar-refractivity contribution in [1.82, 2.24) is 4.98 Å². The number of rotatable bonds is 3. The molecular weight excluding hydrogens is 290 g/mol. The van der Waals surface area contributed by atoms with Gasteiger partial charge in [0.15, 0.2) is 0 Å².